The Bertz CT molecular complexity index is 959. The molecule has 1 N–H and O–H groups in total. The van der Waals surface area contributed by atoms with Crippen molar-refractivity contribution in [3.63, 3.8) is 0 Å². The van der Waals surface area contributed by atoms with Gasteiger partial charge in [-0.3, -0.25) is 14.4 Å². The number of hydrogen-bond acceptors (Lipinski definition) is 4. The lowest BCUT2D eigenvalue weighted by atomic mass is 10.1. The van der Waals surface area contributed by atoms with Gasteiger partial charge in [-0.1, -0.05) is 18.2 Å². The van der Waals surface area contributed by atoms with Gasteiger partial charge in [0.1, 0.15) is 0 Å². The highest BCUT2D eigenvalue weighted by atomic mass is 32.1. The molecule has 1 aliphatic rings. The van der Waals surface area contributed by atoms with E-state index < -0.39 is 0 Å². The predicted octanol–water partition coefficient (Wildman–Crippen LogP) is 3.48. The summed E-state index contributed by atoms with van der Waals surface area (Å²) in [6, 6.07) is 17.1. The van der Waals surface area contributed by atoms with Crippen molar-refractivity contribution in [3.8, 4) is 0 Å². The zero-order chi connectivity index (χ0) is 18.1. The van der Waals surface area contributed by atoms with E-state index in [0.717, 1.165) is 9.78 Å². The minimum absolute atomic E-state index is 0.202. The fourth-order valence-corrected chi connectivity index (χ4v) is 3.51. The van der Waals surface area contributed by atoms with E-state index in [1.165, 1.54) is 0 Å². The van der Waals surface area contributed by atoms with Gasteiger partial charge in [-0.25, -0.2) is 4.90 Å². The quantitative estimate of drug-likeness (QED) is 0.723. The molecule has 5 nitrogen and oxygen atoms in total. The topological polar surface area (TPSA) is 66.5 Å². The summed E-state index contributed by atoms with van der Waals surface area (Å²) in [6.07, 6.45) is 0. The molecule has 0 bridgehead atoms. The van der Waals surface area contributed by atoms with Crippen LogP contribution in [0.1, 0.15) is 36.0 Å². The van der Waals surface area contributed by atoms with Crippen LogP contribution in [0, 0.1) is 0 Å². The van der Waals surface area contributed by atoms with Crippen LogP contribution in [0.15, 0.2) is 66.0 Å². The molecule has 0 spiro atoms. The third-order valence-corrected chi connectivity index (χ3v) is 5.06. The fourth-order valence-electron chi connectivity index (χ4n) is 2.87. The maximum Gasteiger partial charge on any atom is 0.266 e. The van der Waals surface area contributed by atoms with Crippen molar-refractivity contribution in [3.05, 3.63) is 87.6 Å². The third-order valence-electron chi connectivity index (χ3n) is 4.19. The van der Waals surface area contributed by atoms with Crippen molar-refractivity contribution in [2.24, 2.45) is 0 Å². The largest absolute Gasteiger partial charge is 0.347 e. The lowest BCUT2D eigenvalue weighted by molar-refractivity contribution is 0.0923. The zero-order valence-electron chi connectivity index (χ0n) is 13.6. The molecule has 0 unspecified atom stereocenters. The van der Waals surface area contributed by atoms with Crippen LogP contribution in [0.2, 0.25) is 0 Å². The first kappa shape index (κ1) is 16.2. The first-order valence-corrected chi connectivity index (χ1v) is 8.91. The summed E-state index contributed by atoms with van der Waals surface area (Å²) < 4.78 is 0. The number of fused-ring (bicyclic) bond motifs is 1. The number of rotatable bonds is 4. The maximum absolute atomic E-state index is 12.5. The van der Waals surface area contributed by atoms with E-state index in [-0.39, 0.29) is 17.7 Å². The number of thiophene rings is 1. The van der Waals surface area contributed by atoms with E-state index in [4.69, 9.17) is 0 Å². The second kappa shape index (κ2) is 6.57. The molecule has 0 radical (unpaired) electrons. The normalized spacial score (nSPS) is 13.0. The number of amides is 3. The molecule has 1 aliphatic heterocycles. The van der Waals surface area contributed by atoms with Crippen LogP contribution in [0.3, 0.4) is 0 Å². The summed E-state index contributed by atoms with van der Waals surface area (Å²) in [4.78, 5) is 39.4. The number of nitrogens with zero attached hydrogens (tertiary/aromatic N) is 1. The van der Waals surface area contributed by atoms with Gasteiger partial charge in [0.25, 0.3) is 17.7 Å². The fraction of sp³-hybridized carbons (Fsp3) is 0.0500. The molecule has 0 aliphatic carbocycles. The van der Waals surface area contributed by atoms with Crippen LogP contribution in [0.4, 0.5) is 5.69 Å². The molecule has 2 aromatic carbocycles. The Balaban J connectivity index is 1.51. The van der Waals surface area contributed by atoms with Crippen LogP contribution >= 0.6 is 11.3 Å². The van der Waals surface area contributed by atoms with Crippen LogP contribution in [-0.4, -0.2) is 17.7 Å². The van der Waals surface area contributed by atoms with Gasteiger partial charge in [0, 0.05) is 10.4 Å². The van der Waals surface area contributed by atoms with Crippen molar-refractivity contribution >= 4 is 34.7 Å². The number of hydrogen-bond donors (Lipinski definition) is 1. The molecule has 26 heavy (non-hydrogen) atoms. The van der Waals surface area contributed by atoms with Crippen molar-refractivity contribution in [2.75, 3.05) is 4.90 Å². The highest BCUT2D eigenvalue weighted by molar-refractivity contribution is 7.09. The minimum atomic E-state index is -0.347. The lowest BCUT2D eigenvalue weighted by Crippen LogP contribution is -2.29. The Morgan fingerprint density at radius 1 is 0.885 bits per heavy atom. The summed E-state index contributed by atoms with van der Waals surface area (Å²) in [5.41, 5.74) is 1.72. The average molecular weight is 362 g/mol. The van der Waals surface area contributed by atoms with Crippen LogP contribution < -0.4 is 10.2 Å². The molecular weight excluding hydrogens is 348 g/mol. The Hall–Kier alpha value is -3.25. The van der Waals surface area contributed by atoms with E-state index in [1.54, 1.807) is 59.9 Å². The van der Waals surface area contributed by atoms with Gasteiger partial charge < -0.3 is 5.32 Å². The second-order valence-electron chi connectivity index (χ2n) is 5.80. The smallest absolute Gasteiger partial charge is 0.266 e. The predicted molar refractivity (Wildman–Crippen MR) is 99.5 cm³/mol. The van der Waals surface area contributed by atoms with Gasteiger partial charge in [0.05, 0.1) is 23.4 Å². The van der Waals surface area contributed by atoms with Gasteiger partial charge in [0.15, 0.2) is 0 Å². The van der Waals surface area contributed by atoms with Gasteiger partial charge in [-0.05, 0) is 47.8 Å². The standard InChI is InChI=1S/C20H14N2O3S/c23-18(21-12-15-4-3-11-26-15)13-7-9-14(10-8-13)22-19(24)16-5-1-2-6-17(16)20(22)25/h1-11H,12H2,(H,21,23). The van der Waals surface area contributed by atoms with E-state index in [1.807, 2.05) is 17.5 Å². The molecule has 0 saturated carbocycles. The van der Waals surface area contributed by atoms with Crippen LogP contribution in [0.5, 0.6) is 0 Å². The zero-order valence-corrected chi connectivity index (χ0v) is 14.5. The summed E-state index contributed by atoms with van der Waals surface area (Å²) in [6.45, 7) is 0.469. The minimum Gasteiger partial charge on any atom is -0.347 e. The summed E-state index contributed by atoms with van der Waals surface area (Å²) >= 11 is 1.58. The molecule has 2 heterocycles. The van der Waals surface area contributed by atoms with E-state index >= 15 is 0 Å². The monoisotopic (exact) mass is 362 g/mol. The summed E-state index contributed by atoms with van der Waals surface area (Å²) in [5, 5.41) is 4.80. The number of nitrogens with one attached hydrogen (secondary N) is 1. The summed E-state index contributed by atoms with van der Waals surface area (Å²) in [7, 11) is 0. The van der Waals surface area contributed by atoms with Gasteiger partial charge in [-0.15, -0.1) is 11.3 Å². The first-order chi connectivity index (χ1) is 12.6. The van der Waals surface area contributed by atoms with Gasteiger partial charge in [0.2, 0.25) is 0 Å². The highest BCUT2D eigenvalue weighted by Crippen LogP contribution is 2.28. The Morgan fingerprint density at radius 3 is 2.12 bits per heavy atom. The number of carbonyl (C=O) groups is 3. The number of anilines is 1. The molecule has 6 heteroatoms. The first-order valence-electron chi connectivity index (χ1n) is 8.03. The molecule has 4 rings (SSSR count). The molecular formula is C20H14N2O3S. The number of carbonyl (C=O) groups excluding carboxylic acids is 3. The van der Waals surface area contributed by atoms with Crippen molar-refractivity contribution in [2.45, 2.75) is 6.54 Å². The van der Waals surface area contributed by atoms with Gasteiger partial charge in [-0.2, -0.15) is 0 Å². The maximum atomic E-state index is 12.5. The molecule has 128 valence electrons. The van der Waals surface area contributed by atoms with E-state index in [0.29, 0.717) is 28.9 Å². The molecule has 0 saturated heterocycles. The second-order valence-corrected chi connectivity index (χ2v) is 6.83. The number of benzene rings is 2. The average Bonchev–Trinajstić information content (AvgIpc) is 3.28. The van der Waals surface area contributed by atoms with Gasteiger partial charge >= 0.3 is 0 Å². The Kier molecular flexibility index (Phi) is 4.10. The molecule has 0 fully saturated rings. The Morgan fingerprint density at radius 2 is 1.54 bits per heavy atom. The number of imide groups is 1. The molecule has 0 atom stereocenters. The third kappa shape index (κ3) is 2.80. The molecule has 1 aromatic heterocycles. The van der Waals surface area contributed by atoms with Crippen molar-refractivity contribution < 1.29 is 14.4 Å². The van der Waals surface area contributed by atoms with Crippen molar-refractivity contribution in [1.82, 2.24) is 5.32 Å². The SMILES string of the molecule is O=C(NCc1cccs1)c1ccc(N2C(=O)c3ccccc3C2=O)cc1. The Labute approximate surface area is 153 Å². The van der Waals surface area contributed by atoms with Crippen molar-refractivity contribution in [1.29, 1.82) is 0 Å². The lowest BCUT2D eigenvalue weighted by Gasteiger charge is -2.14. The highest BCUT2D eigenvalue weighted by Gasteiger charge is 2.36. The van der Waals surface area contributed by atoms with Crippen LogP contribution in [0.25, 0.3) is 0 Å². The van der Waals surface area contributed by atoms with E-state index in [2.05, 4.69) is 5.32 Å². The molecule has 3 amide bonds. The van der Waals surface area contributed by atoms with Crippen LogP contribution in [-0.2, 0) is 6.54 Å². The van der Waals surface area contributed by atoms with E-state index in [9.17, 15) is 14.4 Å². The molecule has 3 aromatic rings. The summed E-state index contributed by atoms with van der Waals surface area (Å²) in [5.74, 6) is -0.895.